The summed E-state index contributed by atoms with van der Waals surface area (Å²) < 4.78 is 14.9. The number of carbonyl (C=O) groups is 1. The molecule has 3 aromatic heterocycles. The topological polar surface area (TPSA) is 104 Å². The Hall–Kier alpha value is -3.34. The van der Waals surface area contributed by atoms with E-state index in [0.717, 1.165) is 12.8 Å². The number of nitrogens with zero attached hydrogens (tertiary/aromatic N) is 6. The van der Waals surface area contributed by atoms with Crippen LogP contribution in [0.25, 0.3) is 16.9 Å². The van der Waals surface area contributed by atoms with Crippen molar-refractivity contribution in [2.24, 2.45) is 0 Å². The lowest BCUT2D eigenvalue weighted by atomic mass is 10.1. The molecule has 0 N–H and O–H groups in total. The molecule has 1 fully saturated rings. The van der Waals surface area contributed by atoms with Crippen molar-refractivity contribution in [1.29, 1.82) is 0 Å². The second kappa shape index (κ2) is 10.1. The predicted octanol–water partition coefficient (Wildman–Crippen LogP) is 3.66. The second-order valence-electron chi connectivity index (χ2n) is 9.22. The number of pyridine rings is 1. The Labute approximate surface area is 207 Å². The second-order valence-corrected chi connectivity index (χ2v) is 10.00. The smallest absolute Gasteiger partial charge is 0.410 e. The SMILES string of the molecule is C=CCn1c(=O)c2cnc(SC)nc2n1-c1cccc(O[C@H]2CCCN(C(=O)OC(C)(C)C)C2)n1. The number of likely N-dealkylation sites (tertiary alicyclic amines) is 1. The fourth-order valence-corrected chi connectivity index (χ4v) is 4.25. The van der Waals surface area contributed by atoms with Gasteiger partial charge in [0.25, 0.3) is 5.56 Å². The number of carbonyl (C=O) groups excluding carboxylic acids is 1. The first-order chi connectivity index (χ1) is 16.7. The molecule has 35 heavy (non-hydrogen) atoms. The molecule has 1 aliphatic rings. The zero-order valence-corrected chi connectivity index (χ0v) is 21.2. The molecule has 0 radical (unpaired) electrons. The molecular weight excluding hydrogens is 468 g/mol. The van der Waals surface area contributed by atoms with E-state index in [1.807, 2.05) is 33.1 Å². The lowest BCUT2D eigenvalue weighted by Crippen LogP contribution is -2.46. The van der Waals surface area contributed by atoms with Gasteiger partial charge >= 0.3 is 6.09 Å². The molecule has 0 aromatic carbocycles. The molecule has 186 valence electrons. The molecule has 4 rings (SSSR count). The van der Waals surface area contributed by atoms with E-state index in [-0.39, 0.29) is 24.3 Å². The van der Waals surface area contributed by atoms with Crippen molar-refractivity contribution >= 4 is 28.9 Å². The van der Waals surface area contributed by atoms with Gasteiger partial charge in [0.1, 0.15) is 17.1 Å². The predicted molar refractivity (Wildman–Crippen MR) is 134 cm³/mol. The lowest BCUT2D eigenvalue weighted by Gasteiger charge is -2.34. The van der Waals surface area contributed by atoms with Crippen LogP contribution in [0, 0.1) is 0 Å². The van der Waals surface area contributed by atoms with Gasteiger partial charge in [-0.2, -0.15) is 4.98 Å². The van der Waals surface area contributed by atoms with Crippen molar-refractivity contribution in [3.63, 3.8) is 0 Å². The maximum Gasteiger partial charge on any atom is 0.410 e. The summed E-state index contributed by atoms with van der Waals surface area (Å²) in [5.41, 5.74) is -0.308. The highest BCUT2D eigenvalue weighted by Crippen LogP contribution is 2.22. The van der Waals surface area contributed by atoms with E-state index in [9.17, 15) is 9.59 Å². The van der Waals surface area contributed by atoms with Gasteiger partial charge in [-0.25, -0.2) is 24.1 Å². The number of amides is 1. The highest BCUT2D eigenvalue weighted by Gasteiger charge is 2.29. The average molecular weight is 499 g/mol. The van der Waals surface area contributed by atoms with Crippen molar-refractivity contribution in [1.82, 2.24) is 29.2 Å². The van der Waals surface area contributed by atoms with Crippen molar-refractivity contribution in [3.05, 3.63) is 47.4 Å². The van der Waals surface area contributed by atoms with Crippen molar-refractivity contribution < 1.29 is 14.3 Å². The van der Waals surface area contributed by atoms with Crippen molar-refractivity contribution in [2.75, 3.05) is 19.3 Å². The third-order valence-electron chi connectivity index (χ3n) is 5.38. The summed E-state index contributed by atoms with van der Waals surface area (Å²) in [6.07, 6.45) is 6.10. The number of hydrogen-bond acceptors (Lipinski definition) is 8. The van der Waals surface area contributed by atoms with Crippen LogP contribution in [0.3, 0.4) is 0 Å². The van der Waals surface area contributed by atoms with Gasteiger partial charge in [-0.05, 0) is 45.9 Å². The normalized spacial score (nSPS) is 16.3. The quantitative estimate of drug-likeness (QED) is 0.288. The number of hydrogen-bond donors (Lipinski definition) is 0. The monoisotopic (exact) mass is 498 g/mol. The summed E-state index contributed by atoms with van der Waals surface area (Å²) >= 11 is 1.39. The van der Waals surface area contributed by atoms with Crippen LogP contribution in [0.2, 0.25) is 0 Å². The first kappa shape index (κ1) is 24.8. The van der Waals surface area contributed by atoms with E-state index < -0.39 is 5.60 Å². The molecule has 10 nitrogen and oxygen atoms in total. The molecule has 0 aliphatic carbocycles. The maximum atomic E-state index is 13.0. The number of aromatic nitrogens is 5. The Morgan fingerprint density at radius 2 is 2.11 bits per heavy atom. The van der Waals surface area contributed by atoms with Crippen LogP contribution >= 0.6 is 11.8 Å². The molecule has 1 aliphatic heterocycles. The Balaban J connectivity index is 1.62. The highest BCUT2D eigenvalue weighted by molar-refractivity contribution is 7.98. The lowest BCUT2D eigenvalue weighted by molar-refractivity contribution is 0.00721. The molecule has 11 heteroatoms. The number of piperidine rings is 1. The Morgan fingerprint density at radius 1 is 1.31 bits per heavy atom. The van der Waals surface area contributed by atoms with E-state index >= 15 is 0 Å². The van der Waals surface area contributed by atoms with E-state index in [1.165, 1.54) is 16.4 Å². The summed E-state index contributed by atoms with van der Waals surface area (Å²) in [6.45, 7) is 10.6. The molecule has 0 bridgehead atoms. The zero-order chi connectivity index (χ0) is 25.2. The van der Waals surface area contributed by atoms with Crippen molar-refractivity contribution in [3.8, 4) is 11.7 Å². The third kappa shape index (κ3) is 5.50. The summed E-state index contributed by atoms with van der Waals surface area (Å²) in [5.74, 6) is 0.888. The first-order valence-electron chi connectivity index (χ1n) is 11.5. The van der Waals surface area contributed by atoms with Gasteiger partial charge in [-0.3, -0.25) is 4.79 Å². The minimum atomic E-state index is -0.554. The van der Waals surface area contributed by atoms with Gasteiger partial charge in [0.2, 0.25) is 5.88 Å². The van der Waals surface area contributed by atoms with Crippen LogP contribution in [0.1, 0.15) is 33.6 Å². The highest BCUT2D eigenvalue weighted by atomic mass is 32.2. The van der Waals surface area contributed by atoms with Crippen LogP contribution in [-0.4, -0.2) is 66.4 Å². The fraction of sp³-hybridized carbons (Fsp3) is 0.458. The zero-order valence-electron chi connectivity index (χ0n) is 20.4. The minimum absolute atomic E-state index is 0.221. The summed E-state index contributed by atoms with van der Waals surface area (Å²) in [7, 11) is 0. The van der Waals surface area contributed by atoms with Gasteiger partial charge in [0.05, 0.1) is 13.1 Å². The van der Waals surface area contributed by atoms with E-state index in [1.54, 1.807) is 34.0 Å². The molecule has 1 amide bonds. The van der Waals surface area contributed by atoms with Gasteiger partial charge in [-0.15, -0.1) is 6.58 Å². The molecule has 1 atom stereocenters. The molecule has 0 unspecified atom stereocenters. The van der Waals surface area contributed by atoms with Gasteiger partial charge in [0.15, 0.2) is 16.6 Å². The molecule has 3 aromatic rings. The summed E-state index contributed by atoms with van der Waals surface area (Å²) in [6, 6.07) is 5.37. The fourth-order valence-electron chi connectivity index (χ4n) is 3.92. The molecular formula is C24H30N6O4S. The molecule has 1 saturated heterocycles. The average Bonchev–Trinajstić information content (AvgIpc) is 3.09. The Morgan fingerprint density at radius 3 is 2.83 bits per heavy atom. The van der Waals surface area contributed by atoms with Crippen LogP contribution in [-0.2, 0) is 11.3 Å². The first-order valence-corrected chi connectivity index (χ1v) is 12.7. The number of ether oxygens (including phenoxy) is 2. The molecule has 4 heterocycles. The van der Waals surface area contributed by atoms with Gasteiger partial charge in [-0.1, -0.05) is 23.9 Å². The van der Waals surface area contributed by atoms with E-state index in [0.29, 0.717) is 41.0 Å². The van der Waals surface area contributed by atoms with E-state index in [4.69, 9.17) is 9.47 Å². The van der Waals surface area contributed by atoms with Crippen LogP contribution in [0.4, 0.5) is 4.79 Å². The standard InChI is InChI=1S/C24H30N6O4S/c1-6-12-29-21(31)17-14-25-22(35-5)27-20(17)30(29)18-10-7-11-19(26-18)33-16-9-8-13-28(15-16)23(32)34-24(2,3)4/h6-7,10-11,14,16H,1,8-9,12-13,15H2,2-5H3/t16-/m0/s1. The maximum absolute atomic E-state index is 13.0. The largest absolute Gasteiger partial charge is 0.472 e. The van der Waals surface area contributed by atoms with E-state index in [2.05, 4.69) is 21.5 Å². The molecule has 0 saturated carbocycles. The summed E-state index contributed by atoms with van der Waals surface area (Å²) in [5, 5.41) is 0.955. The van der Waals surface area contributed by atoms with Crippen LogP contribution in [0.15, 0.2) is 47.0 Å². The number of rotatable bonds is 6. The van der Waals surface area contributed by atoms with Crippen LogP contribution < -0.4 is 10.3 Å². The minimum Gasteiger partial charge on any atom is -0.472 e. The number of fused-ring (bicyclic) bond motifs is 1. The number of thioether (sulfide) groups is 1. The third-order valence-corrected chi connectivity index (χ3v) is 5.94. The Bertz CT molecular complexity index is 1300. The van der Waals surface area contributed by atoms with Crippen LogP contribution in [0.5, 0.6) is 5.88 Å². The van der Waals surface area contributed by atoms with Gasteiger partial charge in [0, 0.05) is 18.8 Å². The molecule has 0 spiro atoms. The van der Waals surface area contributed by atoms with Gasteiger partial charge < -0.3 is 14.4 Å². The number of allylic oxidation sites excluding steroid dienone is 1. The Kier molecular flexibility index (Phi) is 7.15. The summed E-state index contributed by atoms with van der Waals surface area (Å²) in [4.78, 5) is 40.7. The van der Waals surface area contributed by atoms with Crippen molar-refractivity contribution in [2.45, 2.75) is 57.0 Å².